The van der Waals surface area contributed by atoms with E-state index in [2.05, 4.69) is 15.5 Å². The molecule has 1 N–H and O–H groups in total. The summed E-state index contributed by atoms with van der Waals surface area (Å²) < 4.78 is 42.3. The monoisotopic (exact) mass is 426 g/mol. The Labute approximate surface area is 170 Å². The number of carbonyl (C=O) groups excluding carboxylic acids is 1. The van der Waals surface area contributed by atoms with E-state index >= 15 is 0 Å². The van der Waals surface area contributed by atoms with Crippen LogP contribution in [0.15, 0.2) is 33.6 Å². The molecule has 29 heavy (non-hydrogen) atoms. The molecule has 160 valence electrons. The number of anilines is 1. The highest BCUT2D eigenvalue weighted by atomic mass is 32.2. The van der Waals surface area contributed by atoms with E-state index in [1.54, 1.807) is 0 Å². The first-order valence-corrected chi connectivity index (χ1v) is 10.5. The molecule has 0 aliphatic heterocycles. The molecule has 0 aliphatic carbocycles. The minimum absolute atomic E-state index is 0.0132. The first kappa shape index (κ1) is 22.9. The van der Waals surface area contributed by atoms with Crippen molar-refractivity contribution in [2.75, 3.05) is 45.8 Å². The average Bonchev–Trinajstić information content (AvgIpc) is 3.17. The molecule has 1 aromatic heterocycles. The van der Waals surface area contributed by atoms with Gasteiger partial charge in [0.2, 0.25) is 15.9 Å². The van der Waals surface area contributed by atoms with Crippen LogP contribution in [-0.4, -0.2) is 69.4 Å². The molecule has 1 heterocycles. The summed E-state index contributed by atoms with van der Waals surface area (Å²) in [6.45, 7) is 4.68. The lowest BCUT2D eigenvalue weighted by Crippen LogP contribution is -2.36. The van der Waals surface area contributed by atoms with Crippen LogP contribution in [0, 0.1) is 0 Å². The molecule has 1 amide bonds. The first-order chi connectivity index (χ1) is 13.8. The van der Waals surface area contributed by atoms with Crippen molar-refractivity contribution < 1.29 is 27.1 Å². The van der Waals surface area contributed by atoms with Gasteiger partial charge in [0, 0.05) is 38.8 Å². The van der Waals surface area contributed by atoms with Crippen LogP contribution in [0.2, 0.25) is 0 Å². The lowest BCUT2D eigenvalue weighted by Gasteiger charge is -2.21. The molecular formula is C18H26N4O6S. The molecule has 0 bridgehead atoms. The summed E-state index contributed by atoms with van der Waals surface area (Å²) in [7, 11) is -0.748. The summed E-state index contributed by atoms with van der Waals surface area (Å²) in [5.74, 6) is -0.0331. The minimum atomic E-state index is -3.75. The molecule has 0 unspecified atom stereocenters. The number of ether oxygens (including phenoxy) is 2. The van der Waals surface area contributed by atoms with Crippen LogP contribution in [0.5, 0.6) is 0 Å². The van der Waals surface area contributed by atoms with Gasteiger partial charge in [-0.1, -0.05) is 18.9 Å². The normalized spacial score (nSPS) is 11.9. The van der Waals surface area contributed by atoms with Gasteiger partial charge < -0.3 is 13.9 Å². The highest BCUT2D eigenvalue weighted by molar-refractivity contribution is 7.89. The zero-order valence-corrected chi connectivity index (χ0v) is 17.7. The molecule has 11 heteroatoms. The highest BCUT2D eigenvalue weighted by Crippen LogP contribution is 2.18. The van der Waals surface area contributed by atoms with E-state index in [4.69, 9.17) is 13.9 Å². The van der Waals surface area contributed by atoms with E-state index in [-0.39, 0.29) is 48.7 Å². The number of hydrogen-bond acceptors (Lipinski definition) is 8. The largest absolute Gasteiger partial charge is 0.408 e. The molecule has 0 saturated carbocycles. The lowest BCUT2D eigenvalue weighted by molar-refractivity contribution is 0.102. The zero-order valence-electron chi connectivity index (χ0n) is 16.9. The molecule has 1 aromatic carbocycles. The molecule has 0 fully saturated rings. The number of methoxy groups -OCH3 is 2. The van der Waals surface area contributed by atoms with E-state index in [1.165, 1.54) is 42.8 Å². The van der Waals surface area contributed by atoms with Crippen molar-refractivity contribution in [3.05, 3.63) is 35.7 Å². The van der Waals surface area contributed by atoms with Crippen LogP contribution in [0.1, 0.15) is 36.0 Å². The second-order valence-electron chi connectivity index (χ2n) is 6.47. The topological polar surface area (TPSA) is 124 Å². The number of carbonyl (C=O) groups is 1. The third-order valence-corrected chi connectivity index (χ3v) is 5.91. The zero-order chi connectivity index (χ0) is 21.4. The Balaban J connectivity index is 2.12. The average molecular weight is 426 g/mol. The van der Waals surface area contributed by atoms with Crippen LogP contribution >= 0.6 is 0 Å². The fourth-order valence-electron chi connectivity index (χ4n) is 2.35. The Morgan fingerprint density at radius 1 is 1.10 bits per heavy atom. The number of nitrogens with one attached hydrogen (secondary N) is 1. The smallest absolute Gasteiger partial charge is 0.322 e. The van der Waals surface area contributed by atoms with Crippen LogP contribution in [0.4, 0.5) is 6.01 Å². The fraction of sp³-hybridized carbons (Fsp3) is 0.500. The number of aromatic nitrogens is 2. The van der Waals surface area contributed by atoms with Crippen molar-refractivity contribution in [2.24, 2.45) is 0 Å². The van der Waals surface area contributed by atoms with E-state index < -0.39 is 15.9 Å². The molecule has 0 spiro atoms. The third-order valence-electron chi connectivity index (χ3n) is 4.00. The third kappa shape index (κ3) is 6.07. The van der Waals surface area contributed by atoms with E-state index in [1.807, 2.05) is 13.8 Å². The summed E-state index contributed by atoms with van der Waals surface area (Å²) in [6, 6.07) is 5.59. The lowest BCUT2D eigenvalue weighted by atomic mass is 10.2. The Kier molecular flexibility index (Phi) is 8.26. The number of amides is 1. The van der Waals surface area contributed by atoms with Gasteiger partial charge in [-0.05, 0) is 24.3 Å². The molecule has 0 aliphatic rings. The summed E-state index contributed by atoms with van der Waals surface area (Å²) in [4.78, 5) is 12.4. The van der Waals surface area contributed by atoms with Crippen LogP contribution in [-0.2, 0) is 19.5 Å². The Bertz CT molecular complexity index is 887. The van der Waals surface area contributed by atoms with Crippen molar-refractivity contribution in [2.45, 2.75) is 24.7 Å². The van der Waals surface area contributed by atoms with Crippen molar-refractivity contribution >= 4 is 21.9 Å². The molecule has 2 aromatic rings. The summed E-state index contributed by atoms with van der Waals surface area (Å²) in [5, 5.41) is 10.1. The van der Waals surface area contributed by atoms with Crippen molar-refractivity contribution in [1.29, 1.82) is 0 Å². The molecule has 2 rings (SSSR count). The SMILES string of the molecule is COCCN(CCOC)S(=O)(=O)c1ccc(C(=O)Nc2nnc(C(C)C)o2)cc1. The van der Waals surface area contributed by atoms with Crippen LogP contribution in [0.3, 0.4) is 0 Å². The van der Waals surface area contributed by atoms with E-state index in [0.29, 0.717) is 5.89 Å². The second kappa shape index (κ2) is 10.4. The molecule has 0 radical (unpaired) electrons. The molecular weight excluding hydrogens is 400 g/mol. The van der Waals surface area contributed by atoms with Crippen molar-refractivity contribution in [1.82, 2.24) is 14.5 Å². The van der Waals surface area contributed by atoms with Crippen molar-refractivity contribution in [3.63, 3.8) is 0 Å². The quantitative estimate of drug-likeness (QED) is 0.576. The summed E-state index contributed by atoms with van der Waals surface area (Å²) >= 11 is 0. The number of benzene rings is 1. The van der Waals surface area contributed by atoms with Gasteiger partial charge in [-0.2, -0.15) is 4.31 Å². The van der Waals surface area contributed by atoms with Crippen LogP contribution < -0.4 is 5.32 Å². The molecule has 0 atom stereocenters. The number of hydrogen-bond donors (Lipinski definition) is 1. The van der Waals surface area contributed by atoms with Gasteiger partial charge in [0.05, 0.1) is 18.1 Å². The Morgan fingerprint density at radius 2 is 1.69 bits per heavy atom. The van der Waals surface area contributed by atoms with Gasteiger partial charge >= 0.3 is 6.01 Å². The number of rotatable bonds is 11. The summed E-state index contributed by atoms with van der Waals surface area (Å²) in [6.07, 6.45) is 0. The number of sulfonamides is 1. The molecule has 10 nitrogen and oxygen atoms in total. The van der Waals surface area contributed by atoms with Crippen molar-refractivity contribution in [3.8, 4) is 0 Å². The fourth-order valence-corrected chi connectivity index (χ4v) is 3.76. The second-order valence-corrected chi connectivity index (χ2v) is 8.41. The predicted molar refractivity (Wildman–Crippen MR) is 105 cm³/mol. The maximum absolute atomic E-state index is 12.9. The maximum Gasteiger partial charge on any atom is 0.322 e. The van der Waals surface area contributed by atoms with E-state index in [0.717, 1.165) is 0 Å². The maximum atomic E-state index is 12.9. The van der Waals surface area contributed by atoms with Gasteiger partial charge in [0.1, 0.15) is 0 Å². The Morgan fingerprint density at radius 3 is 2.17 bits per heavy atom. The first-order valence-electron chi connectivity index (χ1n) is 9.02. The van der Waals surface area contributed by atoms with Gasteiger partial charge in [-0.25, -0.2) is 8.42 Å². The minimum Gasteiger partial charge on any atom is -0.408 e. The standard InChI is InChI=1S/C18H26N4O6S/c1-13(2)17-20-21-18(28-17)19-16(23)14-5-7-15(8-6-14)29(24,25)22(9-11-26-3)10-12-27-4/h5-8,13H,9-12H2,1-4H3,(H,19,21,23). The molecule has 0 saturated heterocycles. The summed E-state index contributed by atoms with van der Waals surface area (Å²) in [5.41, 5.74) is 0.258. The van der Waals surface area contributed by atoms with Gasteiger partial charge in [-0.15, -0.1) is 5.10 Å². The van der Waals surface area contributed by atoms with Crippen LogP contribution in [0.25, 0.3) is 0 Å². The predicted octanol–water partition coefficient (Wildman–Crippen LogP) is 1.73. The van der Waals surface area contributed by atoms with E-state index in [9.17, 15) is 13.2 Å². The Hall–Kier alpha value is -2.34. The van der Waals surface area contributed by atoms with Gasteiger partial charge in [0.25, 0.3) is 5.91 Å². The number of nitrogens with zero attached hydrogens (tertiary/aromatic N) is 3. The highest BCUT2D eigenvalue weighted by Gasteiger charge is 2.24. The van der Waals surface area contributed by atoms with Gasteiger partial charge in [0.15, 0.2) is 0 Å². The van der Waals surface area contributed by atoms with Gasteiger partial charge in [-0.3, -0.25) is 10.1 Å².